The van der Waals surface area contributed by atoms with Gasteiger partial charge in [-0.1, -0.05) is 78.7 Å². The van der Waals surface area contributed by atoms with Gasteiger partial charge in [0.2, 0.25) is 0 Å². The molecule has 11 unspecified atom stereocenters. The van der Waals surface area contributed by atoms with Crippen molar-refractivity contribution in [3.05, 3.63) is 45.6 Å². The van der Waals surface area contributed by atoms with Crippen molar-refractivity contribution in [3.8, 4) is 0 Å². The average molecular weight is 1150 g/mol. The first-order valence-corrected chi connectivity index (χ1v) is 30.6. The molecule has 8 fully saturated rings. The first-order chi connectivity index (χ1) is 38.0. The van der Waals surface area contributed by atoms with Crippen molar-refractivity contribution in [1.29, 1.82) is 0 Å². The van der Waals surface area contributed by atoms with Gasteiger partial charge in [-0.15, -0.1) is 0 Å². The molecule has 0 aromatic heterocycles. The highest BCUT2D eigenvalue weighted by molar-refractivity contribution is 5.89. The molecule has 0 aliphatic heterocycles. The normalized spacial score (nSPS) is 44.5. The second kappa shape index (κ2) is 23.8. The lowest BCUT2D eigenvalue weighted by molar-refractivity contribution is -0.288. The van der Waals surface area contributed by atoms with Gasteiger partial charge < -0.3 is 49.6 Å². The van der Waals surface area contributed by atoms with Gasteiger partial charge in [-0.2, -0.15) is 0 Å². The molecule has 82 heavy (non-hydrogen) atoms. The van der Waals surface area contributed by atoms with Crippen LogP contribution in [0.1, 0.15) is 201 Å². The minimum absolute atomic E-state index is 0.0364. The molecule has 22 atom stereocenters. The third kappa shape index (κ3) is 10.8. The van der Waals surface area contributed by atoms with Crippen LogP contribution >= 0.6 is 0 Å². The van der Waals surface area contributed by atoms with E-state index in [0.717, 1.165) is 36.8 Å². The van der Waals surface area contributed by atoms with Gasteiger partial charge in [-0.3, -0.25) is 19.2 Å². The Balaban J connectivity index is 0.000000236. The van der Waals surface area contributed by atoms with E-state index in [1.165, 1.54) is 27.7 Å². The standard InChI is InChI=1S/2C33H50O8/c2*1-17(2)10-9-11-21(30(38)39)26-22-12-13-25-31(6)15-14-23(36)18(3)27(31)28(41-20(5)35)29(37)33(25,8)32(22,7)16-24(26)40-19(4)34/h2*10,18,22-25,27-29,36-37H,9,11-16H2,1-8H3,(H,38,39)/b2*26-21-/t18-,22+,23-,24+,25+,27-,28-,29+,31-,32+,33-;/m1./s1. The Labute approximate surface area is 487 Å². The van der Waals surface area contributed by atoms with Crippen molar-refractivity contribution in [1.82, 2.24) is 0 Å². The summed E-state index contributed by atoms with van der Waals surface area (Å²) in [4.78, 5) is 74.9. The molecule has 0 saturated heterocycles. The monoisotopic (exact) mass is 1150 g/mol. The van der Waals surface area contributed by atoms with Crippen LogP contribution in [0.4, 0.5) is 0 Å². The van der Waals surface area contributed by atoms with Gasteiger partial charge in [0.15, 0.2) is 0 Å². The second-order valence-electron chi connectivity index (χ2n) is 28.5. The molecule has 0 aromatic carbocycles. The minimum Gasteiger partial charge on any atom is -0.478 e. The number of hydrogen-bond donors (Lipinski definition) is 6. The first-order valence-electron chi connectivity index (χ1n) is 30.6. The predicted octanol–water partition coefficient (Wildman–Crippen LogP) is 10.4. The number of carbonyl (C=O) groups is 6. The number of hydrogen-bond acceptors (Lipinski definition) is 14. The quantitative estimate of drug-likeness (QED) is 0.0459. The first kappa shape index (κ1) is 65.2. The van der Waals surface area contributed by atoms with Crippen LogP contribution in [0.25, 0.3) is 0 Å². The Morgan fingerprint density at radius 1 is 0.488 bits per heavy atom. The smallest absolute Gasteiger partial charge is 0.331 e. The van der Waals surface area contributed by atoms with Crippen molar-refractivity contribution < 1.29 is 78.4 Å². The molecule has 6 N–H and O–H groups in total. The summed E-state index contributed by atoms with van der Waals surface area (Å²) in [5.41, 5.74) is 0.720. The second-order valence-corrected chi connectivity index (χ2v) is 28.5. The topological polar surface area (TPSA) is 261 Å². The summed E-state index contributed by atoms with van der Waals surface area (Å²) in [5, 5.41) is 67.2. The minimum atomic E-state index is -1.04. The van der Waals surface area contributed by atoms with Gasteiger partial charge in [0.1, 0.15) is 24.4 Å². The van der Waals surface area contributed by atoms with Crippen molar-refractivity contribution in [2.75, 3.05) is 0 Å². The maximum absolute atomic E-state index is 12.7. The number of esters is 4. The van der Waals surface area contributed by atoms with Crippen molar-refractivity contribution in [3.63, 3.8) is 0 Å². The van der Waals surface area contributed by atoms with Crippen LogP contribution in [0.3, 0.4) is 0 Å². The van der Waals surface area contributed by atoms with Crippen LogP contribution in [0.15, 0.2) is 45.6 Å². The Morgan fingerprint density at radius 2 is 0.805 bits per heavy atom. The number of ether oxygens (including phenoxy) is 4. The third-order valence-electron chi connectivity index (χ3n) is 23.9. The van der Waals surface area contributed by atoms with E-state index in [0.29, 0.717) is 86.5 Å². The number of allylic oxidation sites excluding steroid dienone is 4. The Hall–Kier alpha value is -4.38. The van der Waals surface area contributed by atoms with Gasteiger partial charge in [0, 0.05) is 61.5 Å². The van der Waals surface area contributed by atoms with E-state index in [1.54, 1.807) is 0 Å². The molecule has 8 aliphatic carbocycles. The summed E-state index contributed by atoms with van der Waals surface area (Å²) in [5.74, 6) is -5.00. The van der Waals surface area contributed by atoms with Crippen molar-refractivity contribution >= 4 is 35.8 Å². The average Bonchev–Trinajstić information content (AvgIpc) is 1.37. The van der Waals surface area contributed by atoms with E-state index in [9.17, 15) is 59.4 Å². The lowest BCUT2D eigenvalue weighted by atomic mass is 9.35. The maximum atomic E-state index is 12.7. The van der Waals surface area contributed by atoms with Crippen molar-refractivity contribution in [2.45, 2.75) is 250 Å². The summed E-state index contributed by atoms with van der Waals surface area (Å²) in [6, 6.07) is 0. The molecule has 0 aromatic rings. The van der Waals surface area contributed by atoms with Gasteiger partial charge in [-0.05, 0) is 186 Å². The zero-order valence-corrected chi connectivity index (χ0v) is 52.1. The fourth-order valence-electron chi connectivity index (χ4n) is 20.3. The highest BCUT2D eigenvalue weighted by atomic mass is 16.6. The summed E-state index contributed by atoms with van der Waals surface area (Å²) >= 11 is 0. The van der Waals surface area contributed by atoms with E-state index in [2.05, 4.69) is 41.5 Å². The van der Waals surface area contributed by atoms with E-state index in [-0.39, 0.29) is 58.2 Å². The number of fused-ring (bicyclic) bond motifs is 10. The zero-order chi connectivity index (χ0) is 61.3. The Morgan fingerprint density at radius 3 is 1.09 bits per heavy atom. The van der Waals surface area contributed by atoms with Crippen LogP contribution in [0, 0.1) is 79.8 Å². The molecular weight excluding hydrogens is 1050 g/mol. The molecule has 8 saturated carbocycles. The van der Waals surface area contributed by atoms with Crippen LogP contribution in [0.5, 0.6) is 0 Å². The zero-order valence-electron chi connectivity index (χ0n) is 52.1. The molecular formula is C66H100O16. The number of aliphatic carboxylic acids is 2. The number of carbonyl (C=O) groups excluding carboxylic acids is 4. The van der Waals surface area contributed by atoms with Crippen LogP contribution in [-0.4, -0.2) is 115 Å². The van der Waals surface area contributed by atoms with Crippen molar-refractivity contribution in [2.24, 2.45) is 79.8 Å². The lowest BCUT2D eigenvalue weighted by Gasteiger charge is -2.70. The predicted molar refractivity (Wildman–Crippen MR) is 307 cm³/mol. The molecule has 16 heteroatoms. The summed E-state index contributed by atoms with van der Waals surface area (Å²) in [7, 11) is 0. The van der Waals surface area contributed by atoms with E-state index in [4.69, 9.17) is 18.9 Å². The molecule has 0 bridgehead atoms. The molecule has 0 amide bonds. The van der Waals surface area contributed by atoms with Crippen LogP contribution in [0.2, 0.25) is 0 Å². The highest BCUT2D eigenvalue weighted by Crippen LogP contribution is 2.77. The number of rotatable bonds is 12. The lowest BCUT2D eigenvalue weighted by Crippen LogP contribution is -2.72. The van der Waals surface area contributed by atoms with Crippen LogP contribution in [-0.2, 0) is 47.7 Å². The molecule has 16 nitrogen and oxygen atoms in total. The number of aliphatic hydroxyl groups excluding tert-OH is 4. The Bertz CT molecular complexity index is 2450. The summed E-state index contributed by atoms with van der Waals surface area (Å²) in [6.45, 7) is 30.2. The molecule has 0 spiro atoms. The largest absolute Gasteiger partial charge is 0.478 e. The molecule has 460 valence electrons. The van der Waals surface area contributed by atoms with Gasteiger partial charge in [0.25, 0.3) is 0 Å². The molecule has 8 rings (SSSR count). The number of carboxylic acids is 2. The fraction of sp³-hybridized carbons (Fsp3) is 0.788. The van der Waals surface area contributed by atoms with Gasteiger partial charge >= 0.3 is 35.8 Å². The van der Waals surface area contributed by atoms with E-state index >= 15 is 0 Å². The molecule has 8 aliphatic rings. The van der Waals surface area contributed by atoms with Gasteiger partial charge in [-0.25, -0.2) is 9.59 Å². The van der Waals surface area contributed by atoms with Crippen LogP contribution < -0.4 is 0 Å². The van der Waals surface area contributed by atoms with E-state index in [1.807, 2.05) is 53.7 Å². The maximum Gasteiger partial charge on any atom is 0.331 e. The SMILES string of the molecule is CC(=O)OC1CC2(C)C(CCC3C4(C)CCC(O)C(C)C4C(OC(C)=O)C(O)C32C)/C1=C(\CCC=C(C)C)C(=O)O.CC(=O)O[C@@H]1[C@H]2[C@H](C)[C@H](O)CC[C@]2(C)[C@@H]2CC[C@H]3/C(=C(\CCC=C(C)C)C(=O)O)[C@@H](OC(C)=O)C[C@]3(C)[C@@]2(C)[C@H]1O. The summed E-state index contributed by atoms with van der Waals surface area (Å²) in [6.07, 6.45) is 6.15. The number of aliphatic hydroxyl groups is 4. The van der Waals surface area contributed by atoms with E-state index < -0.39 is 106 Å². The Kier molecular flexibility index (Phi) is 18.9. The molecule has 0 radical (unpaired) electrons. The highest BCUT2D eigenvalue weighted by Gasteiger charge is 2.76. The fourth-order valence-corrected chi connectivity index (χ4v) is 20.3. The number of carboxylic acid groups (broad SMARTS) is 2. The summed E-state index contributed by atoms with van der Waals surface area (Å²) < 4.78 is 23.6. The third-order valence-corrected chi connectivity index (χ3v) is 23.9. The van der Waals surface area contributed by atoms with Gasteiger partial charge in [0.05, 0.1) is 24.4 Å². The molecule has 0 heterocycles.